The lowest BCUT2D eigenvalue weighted by atomic mass is 10.0. The molecule has 0 aromatic heterocycles. The van der Waals surface area contributed by atoms with Gasteiger partial charge < -0.3 is 5.11 Å². The second-order valence-corrected chi connectivity index (χ2v) is 6.17. The number of hydrogen-bond donors (Lipinski definition) is 2. The molecule has 1 aliphatic rings. The summed E-state index contributed by atoms with van der Waals surface area (Å²) >= 11 is 0. The van der Waals surface area contributed by atoms with Crippen LogP contribution in [0.15, 0.2) is 47.0 Å². The average Bonchev–Trinajstić information content (AvgIpc) is 2.41. The first kappa shape index (κ1) is 12.7. The van der Waals surface area contributed by atoms with Gasteiger partial charge in [-0.05, 0) is 11.5 Å². The molecule has 0 bridgehead atoms. The lowest BCUT2D eigenvalue weighted by molar-refractivity contribution is -0.113. The molecule has 0 unspecified atom stereocenters. The van der Waals surface area contributed by atoms with E-state index in [2.05, 4.69) is 4.72 Å². The largest absolute Gasteiger partial charge is 0.505 e. The van der Waals surface area contributed by atoms with Gasteiger partial charge in [0.15, 0.2) is 11.5 Å². The molecule has 0 saturated heterocycles. The number of benzene rings is 2. The van der Waals surface area contributed by atoms with Crippen molar-refractivity contribution in [1.82, 2.24) is 4.72 Å². The van der Waals surface area contributed by atoms with Crippen molar-refractivity contribution in [2.24, 2.45) is 0 Å². The summed E-state index contributed by atoms with van der Waals surface area (Å²) in [5, 5.41) is 11.4. The number of sulfonamides is 1. The topological polar surface area (TPSA) is 83.5 Å². The van der Waals surface area contributed by atoms with Crippen LogP contribution in [0.1, 0.15) is 12.5 Å². The molecule has 0 saturated carbocycles. The summed E-state index contributed by atoms with van der Waals surface area (Å²) in [6.45, 7) is 1.19. The van der Waals surface area contributed by atoms with E-state index in [1.54, 1.807) is 30.3 Å². The SMILES string of the molecule is CC(=O)C1=C(O)c2ccc3ccccc3c2S(=O)(=O)N1. The molecular weight excluding hydrogens is 278 g/mol. The predicted octanol–water partition coefficient (Wildman–Crippen LogP) is 1.95. The zero-order chi connectivity index (χ0) is 14.5. The summed E-state index contributed by atoms with van der Waals surface area (Å²) in [6, 6.07) is 10.2. The van der Waals surface area contributed by atoms with E-state index in [9.17, 15) is 18.3 Å². The number of ketones is 1. The molecule has 1 heterocycles. The van der Waals surface area contributed by atoms with Crippen molar-refractivity contribution in [3.8, 4) is 0 Å². The highest BCUT2D eigenvalue weighted by atomic mass is 32.2. The van der Waals surface area contributed by atoms with Crippen molar-refractivity contribution in [3.63, 3.8) is 0 Å². The number of Topliss-reactive ketones (excluding diaryl/α,β-unsaturated/α-hetero) is 1. The number of fused-ring (bicyclic) bond motifs is 3. The summed E-state index contributed by atoms with van der Waals surface area (Å²) in [7, 11) is -3.88. The van der Waals surface area contributed by atoms with Gasteiger partial charge in [0.05, 0.1) is 0 Å². The fourth-order valence-corrected chi connectivity index (χ4v) is 3.87. The molecule has 102 valence electrons. The first-order chi connectivity index (χ1) is 9.42. The van der Waals surface area contributed by atoms with Crippen LogP contribution in [0.25, 0.3) is 16.5 Å². The number of allylic oxidation sites excluding steroid dienone is 1. The third kappa shape index (κ3) is 1.69. The Balaban J connectivity index is 2.49. The Morgan fingerprint density at radius 3 is 2.55 bits per heavy atom. The van der Waals surface area contributed by atoms with Crippen LogP contribution in [-0.4, -0.2) is 19.3 Å². The lowest BCUT2D eigenvalue weighted by Gasteiger charge is -2.21. The smallest absolute Gasteiger partial charge is 0.263 e. The first-order valence-electron chi connectivity index (χ1n) is 5.91. The molecule has 2 N–H and O–H groups in total. The molecule has 1 aliphatic heterocycles. The quantitative estimate of drug-likeness (QED) is 0.840. The minimum absolute atomic E-state index is 0.00176. The number of aliphatic hydroxyl groups excluding tert-OH is 1. The zero-order valence-electron chi connectivity index (χ0n) is 10.5. The maximum absolute atomic E-state index is 12.3. The standard InChI is InChI=1S/C14H11NO4S/c1-8(16)12-13(17)11-7-6-9-4-2-3-5-10(9)14(11)20(18,19)15-12/h2-7,15,17H,1H3. The molecule has 0 radical (unpaired) electrons. The molecule has 0 spiro atoms. The number of nitrogens with one attached hydrogen (secondary N) is 1. The van der Waals surface area contributed by atoms with Crippen LogP contribution in [0.5, 0.6) is 0 Å². The minimum atomic E-state index is -3.88. The second kappa shape index (κ2) is 4.08. The Morgan fingerprint density at radius 2 is 1.85 bits per heavy atom. The van der Waals surface area contributed by atoms with Crippen molar-refractivity contribution in [2.45, 2.75) is 11.8 Å². The first-order valence-corrected chi connectivity index (χ1v) is 7.39. The highest BCUT2D eigenvalue weighted by Crippen LogP contribution is 2.34. The van der Waals surface area contributed by atoms with Crippen LogP contribution in [-0.2, 0) is 14.8 Å². The van der Waals surface area contributed by atoms with E-state index < -0.39 is 15.8 Å². The molecule has 6 heteroatoms. The molecular formula is C14H11NO4S. The van der Waals surface area contributed by atoms with Gasteiger partial charge in [-0.3, -0.25) is 9.52 Å². The van der Waals surface area contributed by atoms with Crippen molar-refractivity contribution in [3.05, 3.63) is 47.7 Å². The Morgan fingerprint density at radius 1 is 1.15 bits per heavy atom. The van der Waals surface area contributed by atoms with Crippen molar-refractivity contribution < 1.29 is 18.3 Å². The second-order valence-electron chi connectivity index (χ2n) is 4.55. The van der Waals surface area contributed by atoms with Crippen LogP contribution in [0, 0.1) is 0 Å². The van der Waals surface area contributed by atoms with E-state index in [4.69, 9.17) is 0 Å². The lowest BCUT2D eigenvalue weighted by Crippen LogP contribution is -2.32. The fourth-order valence-electron chi connectivity index (χ4n) is 2.33. The molecule has 0 aliphatic carbocycles. The van der Waals surface area contributed by atoms with E-state index in [1.165, 1.54) is 13.0 Å². The van der Waals surface area contributed by atoms with Gasteiger partial charge in [-0.15, -0.1) is 0 Å². The van der Waals surface area contributed by atoms with Crippen LogP contribution in [0.2, 0.25) is 0 Å². The van der Waals surface area contributed by atoms with E-state index in [1.807, 2.05) is 0 Å². The van der Waals surface area contributed by atoms with Crippen molar-refractivity contribution in [1.29, 1.82) is 0 Å². The van der Waals surface area contributed by atoms with Crippen LogP contribution < -0.4 is 4.72 Å². The van der Waals surface area contributed by atoms with Gasteiger partial charge in [0.2, 0.25) is 0 Å². The number of carbonyl (C=O) groups excluding carboxylic acids is 1. The monoisotopic (exact) mass is 289 g/mol. The van der Waals surface area contributed by atoms with Gasteiger partial charge in [-0.25, -0.2) is 8.42 Å². The Hall–Kier alpha value is -2.34. The Labute approximate surface area is 115 Å². The highest BCUT2D eigenvalue weighted by Gasteiger charge is 2.32. The third-order valence-electron chi connectivity index (χ3n) is 3.23. The van der Waals surface area contributed by atoms with Gasteiger partial charge >= 0.3 is 0 Å². The van der Waals surface area contributed by atoms with E-state index in [-0.39, 0.29) is 21.9 Å². The predicted molar refractivity (Wildman–Crippen MR) is 74.5 cm³/mol. The van der Waals surface area contributed by atoms with Crippen molar-refractivity contribution >= 4 is 32.3 Å². The Bertz CT molecular complexity index is 881. The maximum Gasteiger partial charge on any atom is 0.263 e. The number of aliphatic hydroxyl groups is 1. The van der Waals surface area contributed by atoms with Gasteiger partial charge in [0.1, 0.15) is 10.6 Å². The summed E-state index contributed by atoms with van der Waals surface area (Å²) < 4.78 is 26.8. The minimum Gasteiger partial charge on any atom is -0.505 e. The van der Waals surface area contributed by atoms with Gasteiger partial charge in [-0.2, -0.15) is 0 Å². The normalized spacial score (nSPS) is 16.6. The van der Waals surface area contributed by atoms with E-state index in [0.717, 1.165) is 5.39 Å². The highest BCUT2D eigenvalue weighted by molar-refractivity contribution is 7.90. The molecule has 2 aromatic carbocycles. The van der Waals surface area contributed by atoms with Gasteiger partial charge in [0, 0.05) is 17.9 Å². The average molecular weight is 289 g/mol. The van der Waals surface area contributed by atoms with Gasteiger partial charge in [0.25, 0.3) is 10.0 Å². The molecule has 2 aromatic rings. The number of carbonyl (C=O) groups is 1. The summed E-state index contributed by atoms with van der Waals surface area (Å²) in [6.07, 6.45) is 0. The molecule has 3 rings (SSSR count). The molecule has 0 fully saturated rings. The number of hydrogen-bond acceptors (Lipinski definition) is 4. The zero-order valence-corrected chi connectivity index (χ0v) is 11.4. The molecule has 5 nitrogen and oxygen atoms in total. The van der Waals surface area contributed by atoms with Crippen LogP contribution >= 0.6 is 0 Å². The van der Waals surface area contributed by atoms with E-state index >= 15 is 0 Å². The Kier molecular flexibility index (Phi) is 2.58. The maximum atomic E-state index is 12.3. The molecule has 20 heavy (non-hydrogen) atoms. The van der Waals surface area contributed by atoms with Crippen molar-refractivity contribution in [2.75, 3.05) is 0 Å². The fraction of sp³-hybridized carbons (Fsp3) is 0.0714. The van der Waals surface area contributed by atoms with E-state index in [0.29, 0.717) is 5.39 Å². The summed E-state index contributed by atoms with van der Waals surface area (Å²) in [5.74, 6) is -0.877. The molecule has 0 atom stereocenters. The molecule has 0 amide bonds. The van der Waals surface area contributed by atoms with Gasteiger partial charge in [-0.1, -0.05) is 30.3 Å². The summed E-state index contributed by atoms with van der Waals surface area (Å²) in [5.41, 5.74) is -0.152. The number of rotatable bonds is 1. The summed E-state index contributed by atoms with van der Waals surface area (Å²) in [4.78, 5) is 11.4. The van der Waals surface area contributed by atoms with Crippen LogP contribution in [0.3, 0.4) is 0 Å². The van der Waals surface area contributed by atoms with Crippen LogP contribution in [0.4, 0.5) is 0 Å². The third-order valence-corrected chi connectivity index (χ3v) is 4.68.